The monoisotopic (exact) mass is 99.1 g/mol. The topological polar surface area (TPSA) is 69.0 Å². The molecule has 0 bridgehead atoms. The molecule has 3 heteroatoms. The highest BCUT2D eigenvalue weighted by Crippen LogP contribution is 2.15. The fraction of sp³-hybridized carbons (Fsp3) is 0.500. The minimum Gasteiger partial charge on any atom is -0.366 e. The van der Waals surface area contributed by atoms with Gasteiger partial charge in [-0.15, -0.1) is 0 Å². The maximum Gasteiger partial charge on any atom is 0.118 e. The van der Waals surface area contributed by atoms with Gasteiger partial charge < -0.3 is 11.5 Å². The van der Waals surface area contributed by atoms with Crippen molar-refractivity contribution in [3.05, 3.63) is 11.8 Å². The van der Waals surface area contributed by atoms with Gasteiger partial charge in [0.2, 0.25) is 0 Å². The van der Waals surface area contributed by atoms with Crippen LogP contribution in [0.5, 0.6) is 0 Å². The Morgan fingerprint density at radius 1 is 1.71 bits per heavy atom. The van der Waals surface area contributed by atoms with Crippen LogP contribution in [0.4, 0.5) is 0 Å². The zero-order chi connectivity index (χ0) is 3.98. The van der Waals surface area contributed by atoms with Gasteiger partial charge in [-0.1, -0.05) is 0 Å². The minimum absolute atomic E-state index is 0. The van der Waals surface area contributed by atoms with Gasteiger partial charge in [0.25, 0.3) is 0 Å². The molecule has 0 spiro atoms. The molecular weight excluding hydrogens is 90.1 g/mol. The zero-order valence-corrected chi connectivity index (χ0v) is 4.07. The van der Waals surface area contributed by atoms with E-state index in [0.29, 0.717) is 6.17 Å². The average molecular weight is 99.1 g/mol. The first kappa shape index (κ1) is 4.61. The van der Waals surface area contributed by atoms with Crippen LogP contribution in [0, 0.1) is 0 Å². The van der Waals surface area contributed by atoms with Gasteiger partial charge in [-0.2, -0.15) is 0 Å². The molecule has 0 aromatic carbocycles. The third-order valence-corrected chi connectivity index (χ3v) is 1.18. The molecule has 1 fully saturated rings. The lowest BCUT2D eigenvalue weighted by Gasteiger charge is -1.84. The third-order valence-electron chi connectivity index (χ3n) is 1.18. The van der Waals surface area contributed by atoms with E-state index in [1.165, 1.54) is 5.70 Å². The van der Waals surface area contributed by atoms with Crippen molar-refractivity contribution in [2.75, 3.05) is 6.54 Å². The lowest BCUT2D eigenvalue weighted by molar-refractivity contribution is 0.763. The van der Waals surface area contributed by atoms with E-state index in [4.69, 9.17) is 0 Å². The van der Waals surface area contributed by atoms with Crippen LogP contribution in [0.25, 0.3) is 0 Å². The second-order valence-electron chi connectivity index (χ2n) is 1.65. The highest BCUT2D eigenvalue weighted by atomic mass is 15.3. The summed E-state index contributed by atoms with van der Waals surface area (Å²) in [4.78, 5) is 0. The van der Waals surface area contributed by atoms with Crippen molar-refractivity contribution in [2.45, 2.75) is 6.17 Å². The lowest BCUT2D eigenvalue weighted by atomic mass is 10.6. The van der Waals surface area contributed by atoms with Crippen molar-refractivity contribution in [3.63, 3.8) is 0 Å². The molecule has 2 aliphatic heterocycles. The molecule has 3 nitrogen and oxygen atoms in total. The van der Waals surface area contributed by atoms with Gasteiger partial charge >= 0.3 is 0 Å². The summed E-state index contributed by atoms with van der Waals surface area (Å²) in [7, 11) is 0. The Morgan fingerprint density at radius 2 is 2.57 bits per heavy atom. The third kappa shape index (κ3) is 0.498. The first-order valence-corrected chi connectivity index (χ1v) is 2.17. The second kappa shape index (κ2) is 1.21. The summed E-state index contributed by atoms with van der Waals surface area (Å²) in [5, 5.41) is 6.31. The summed E-state index contributed by atoms with van der Waals surface area (Å²) < 4.78 is 0. The van der Waals surface area contributed by atoms with E-state index in [9.17, 15) is 0 Å². The molecule has 7 heavy (non-hydrogen) atoms. The highest BCUT2D eigenvalue weighted by Gasteiger charge is 2.30. The van der Waals surface area contributed by atoms with Crippen LogP contribution in [0.1, 0.15) is 0 Å². The quantitative estimate of drug-likeness (QED) is 0.361. The molecule has 1 atom stereocenters. The molecule has 0 radical (unpaired) electrons. The SMILES string of the molecule is C1=C2NC2NC1.N. The first-order chi connectivity index (χ1) is 2.97. The molecule has 2 aliphatic rings. The number of hydrogen-bond donors (Lipinski definition) is 3. The Bertz CT molecular complexity index is 108. The van der Waals surface area contributed by atoms with E-state index in [0.717, 1.165) is 6.54 Å². The van der Waals surface area contributed by atoms with Crippen LogP contribution in [-0.2, 0) is 0 Å². The Hall–Kier alpha value is -0.540. The molecule has 40 valence electrons. The van der Waals surface area contributed by atoms with E-state index in [1.807, 2.05) is 0 Å². The highest BCUT2D eigenvalue weighted by molar-refractivity contribution is 5.28. The predicted molar refractivity (Wildman–Crippen MR) is 28.0 cm³/mol. The molecule has 0 saturated carbocycles. The van der Waals surface area contributed by atoms with Crippen molar-refractivity contribution in [1.29, 1.82) is 0 Å². The Balaban J connectivity index is 0.000000245. The minimum atomic E-state index is 0. The van der Waals surface area contributed by atoms with Gasteiger partial charge in [-0.05, 0) is 6.08 Å². The summed E-state index contributed by atoms with van der Waals surface area (Å²) in [5.74, 6) is 0. The van der Waals surface area contributed by atoms with Crippen molar-refractivity contribution >= 4 is 0 Å². The molecule has 1 unspecified atom stereocenters. The zero-order valence-electron chi connectivity index (χ0n) is 4.07. The summed E-state index contributed by atoms with van der Waals surface area (Å²) in [6.45, 7) is 1.06. The van der Waals surface area contributed by atoms with E-state index < -0.39 is 0 Å². The van der Waals surface area contributed by atoms with Crippen molar-refractivity contribution in [3.8, 4) is 0 Å². The molecule has 0 aliphatic carbocycles. The van der Waals surface area contributed by atoms with Crippen LogP contribution in [0.2, 0.25) is 0 Å². The van der Waals surface area contributed by atoms with Gasteiger partial charge in [-0.3, -0.25) is 5.32 Å². The molecule has 0 amide bonds. The van der Waals surface area contributed by atoms with E-state index >= 15 is 0 Å². The number of fused-ring (bicyclic) bond motifs is 1. The van der Waals surface area contributed by atoms with Gasteiger partial charge in [-0.25, -0.2) is 0 Å². The van der Waals surface area contributed by atoms with Gasteiger partial charge in [0.15, 0.2) is 0 Å². The van der Waals surface area contributed by atoms with E-state index in [2.05, 4.69) is 16.7 Å². The molecule has 5 N–H and O–H groups in total. The maximum atomic E-state index is 3.19. The van der Waals surface area contributed by atoms with Crippen molar-refractivity contribution in [2.24, 2.45) is 0 Å². The first-order valence-electron chi connectivity index (χ1n) is 2.17. The normalized spacial score (nSPS) is 32.0. The van der Waals surface area contributed by atoms with Crippen LogP contribution >= 0.6 is 0 Å². The predicted octanol–water partition coefficient (Wildman–Crippen LogP) is -0.435. The fourth-order valence-electron chi connectivity index (χ4n) is 0.749. The summed E-state index contributed by atoms with van der Waals surface area (Å²) in [6, 6.07) is 0. The summed E-state index contributed by atoms with van der Waals surface area (Å²) in [5.41, 5.74) is 1.38. The number of rotatable bonds is 0. The van der Waals surface area contributed by atoms with Crippen molar-refractivity contribution in [1.82, 2.24) is 16.8 Å². The number of nitrogens with one attached hydrogen (secondary N) is 2. The molecule has 2 rings (SSSR count). The van der Waals surface area contributed by atoms with Crippen LogP contribution < -0.4 is 16.8 Å². The van der Waals surface area contributed by atoms with Gasteiger partial charge in [0, 0.05) is 12.2 Å². The summed E-state index contributed by atoms with van der Waals surface area (Å²) in [6.07, 6.45) is 2.75. The van der Waals surface area contributed by atoms with Crippen LogP contribution in [0.3, 0.4) is 0 Å². The molecule has 0 aromatic rings. The smallest absolute Gasteiger partial charge is 0.118 e. The Labute approximate surface area is 42.4 Å². The van der Waals surface area contributed by atoms with Gasteiger partial charge in [0.05, 0.1) is 0 Å². The van der Waals surface area contributed by atoms with Crippen LogP contribution in [0.15, 0.2) is 11.8 Å². The Morgan fingerprint density at radius 3 is 2.71 bits per heavy atom. The molecular formula is C4H9N3. The molecule has 0 aromatic heterocycles. The molecule has 1 saturated heterocycles. The standard InChI is InChI=1S/C4H6N2.H3N/c1-2-5-4-3(1)6-4;/h1,4-6H,2H2;1H3. The fourth-order valence-corrected chi connectivity index (χ4v) is 0.749. The maximum absolute atomic E-state index is 3.19. The second-order valence-corrected chi connectivity index (χ2v) is 1.65. The lowest BCUT2D eigenvalue weighted by Crippen LogP contribution is -2.16. The number of hydrogen-bond acceptors (Lipinski definition) is 3. The largest absolute Gasteiger partial charge is 0.366 e. The van der Waals surface area contributed by atoms with Gasteiger partial charge in [0.1, 0.15) is 6.17 Å². The van der Waals surface area contributed by atoms with Crippen LogP contribution in [-0.4, -0.2) is 12.7 Å². The average Bonchev–Trinajstić information content (AvgIpc) is 2.17. The molecule has 2 heterocycles. The van der Waals surface area contributed by atoms with Crippen molar-refractivity contribution < 1.29 is 0 Å². The Kier molecular flexibility index (Phi) is 0.800. The van der Waals surface area contributed by atoms with E-state index in [-0.39, 0.29) is 6.15 Å². The summed E-state index contributed by atoms with van der Waals surface area (Å²) >= 11 is 0. The van der Waals surface area contributed by atoms with E-state index in [1.54, 1.807) is 0 Å².